The van der Waals surface area contributed by atoms with E-state index in [-0.39, 0.29) is 23.8 Å². The van der Waals surface area contributed by atoms with Gasteiger partial charge in [-0.3, -0.25) is 9.59 Å². The zero-order valence-electron chi connectivity index (χ0n) is 13.9. The largest absolute Gasteiger partial charge is 0.507 e. The van der Waals surface area contributed by atoms with Gasteiger partial charge in [-0.2, -0.15) is 0 Å². The van der Waals surface area contributed by atoms with E-state index in [2.05, 4.69) is 28.6 Å². The molecule has 134 valence electrons. The van der Waals surface area contributed by atoms with Crippen LogP contribution in [0, 0.1) is 0 Å². The number of phenolic OH excluding ortho intramolecular Hbond substituents is 1. The van der Waals surface area contributed by atoms with Gasteiger partial charge in [0.05, 0.1) is 23.4 Å². The second-order valence-corrected chi connectivity index (χ2v) is 7.18. The van der Waals surface area contributed by atoms with Gasteiger partial charge in [0.15, 0.2) is 0 Å². The maximum absolute atomic E-state index is 12.4. The average Bonchev–Trinajstić information content (AvgIpc) is 2.75. The molecule has 0 aliphatic carbocycles. The van der Waals surface area contributed by atoms with Gasteiger partial charge in [-0.05, 0) is 24.3 Å². The van der Waals surface area contributed by atoms with E-state index in [4.69, 9.17) is 0 Å². The van der Waals surface area contributed by atoms with Crippen molar-refractivity contribution in [2.45, 2.75) is 9.79 Å². The Kier molecular flexibility index (Phi) is 5.43. The molecule has 1 heterocycles. The van der Waals surface area contributed by atoms with Gasteiger partial charge in [0.2, 0.25) is 0 Å². The Morgan fingerprint density at radius 3 is 2.85 bits per heavy atom. The number of anilines is 1. The van der Waals surface area contributed by atoms with Crippen LogP contribution < -0.4 is 16.0 Å². The summed E-state index contributed by atoms with van der Waals surface area (Å²) in [5.74, 6) is -0.860. The van der Waals surface area contributed by atoms with E-state index in [0.717, 1.165) is 4.90 Å². The number of aromatic hydroxyl groups is 1. The van der Waals surface area contributed by atoms with Crippen molar-refractivity contribution < 1.29 is 14.7 Å². The van der Waals surface area contributed by atoms with Gasteiger partial charge in [-0.15, -0.1) is 12.6 Å². The van der Waals surface area contributed by atoms with Crippen LogP contribution in [-0.4, -0.2) is 30.5 Å². The minimum Gasteiger partial charge on any atom is -0.507 e. The maximum atomic E-state index is 12.4. The van der Waals surface area contributed by atoms with Crippen molar-refractivity contribution in [1.82, 2.24) is 10.6 Å². The van der Waals surface area contributed by atoms with Crippen LogP contribution in [0.2, 0.25) is 0 Å². The van der Waals surface area contributed by atoms with Gasteiger partial charge < -0.3 is 21.1 Å². The van der Waals surface area contributed by atoms with Crippen LogP contribution in [0.1, 0.15) is 20.7 Å². The molecule has 0 atom stereocenters. The number of phenols is 1. The van der Waals surface area contributed by atoms with Crippen molar-refractivity contribution in [1.29, 1.82) is 0 Å². The summed E-state index contributed by atoms with van der Waals surface area (Å²) in [6.07, 6.45) is 1.65. The number of rotatable bonds is 4. The summed E-state index contributed by atoms with van der Waals surface area (Å²) in [7, 11) is 1.73. The van der Waals surface area contributed by atoms with Crippen LogP contribution in [0.4, 0.5) is 5.69 Å². The minimum atomic E-state index is -0.456. The number of carbonyl (C=O) groups is 2. The number of hydrogen-bond acceptors (Lipinski definition) is 6. The third kappa shape index (κ3) is 3.81. The molecule has 3 rings (SSSR count). The number of carbonyl (C=O) groups excluding carboxylic acids is 2. The lowest BCUT2D eigenvalue weighted by atomic mass is 10.1. The number of nitrogens with one attached hydrogen (secondary N) is 3. The zero-order valence-corrected chi connectivity index (χ0v) is 15.6. The summed E-state index contributed by atoms with van der Waals surface area (Å²) in [5.41, 5.74) is 1.12. The van der Waals surface area contributed by atoms with Crippen LogP contribution >= 0.6 is 24.4 Å². The fourth-order valence-corrected chi connectivity index (χ4v) is 3.72. The second-order valence-electron chi connectivity index (χ2n) is 5.52. The van der Waals surface area contributed by atoms with Crippen LogP contribution in [0.3, 0.4) is 0 Å². The summed E-state index contributed by atoms with van der Waals surface area (Å²) in [4.78, 5) is 26.9. The second kappa shape index (κ2) is 7.76. The van der Waals surface area contributed by atoms with Gasteiger partial charge in [0, 0.05) is 27.9 Å². The van der Waals surface area contributed by atoms with Crippen molar-refractivity contribution in [2.24, 2.45) is 0 Å². The fourth-order valence-electron chi connectivity index (χ4n) is 2.47. The molecule has 0 aromatic heterocycles. The van der Waals surface area contributed by atoms with E-state index in [1.165, 1.54) is 23.9 Å². The third-order valence-electron chi connectivity index (χ3n) is 3.68. The van der Waals surface area contributed by atoms with Gasteiger partial charge in [-0.25, -0.2) is 0 Å². The Labute approximate surface area is 160 Å². The first-order chi connectivity index (χ1) is 12.5. The molecule has 0 spiro atoms. The van der Waals surface area contributed by atoms with Gasteiger partial charge in [0.1, 0.15) is 5.75 Å². The summed E-state index contributed by atoms with van der Waals surface area (Å²) >= 11 is 5.58. The summed E-state index contributed by atoms with van der Waals surface area (Å²) < 4.78 is 0. The first kappa shape index (κ1) is 18.2. The molecule has 0 saturated carbocycles. The molecule has 1 aliphatic rings. The number of amides is 2. The van der Waals surface area contributed by atoms with Crippen molar-refractivity contribution in [3.05, 3.63) is 58.6 Å². The van der Waals surface area contributed by atoms with E-state index in [1.807, 2.05) is 12.1 Å². The molecular weight excluding hydrogens is 370 g/mol. The molecule has 1 aliphatic heterocycles. The molecule has 4 N–H and O–H groups in total. The fraction of sp³-hybridized carbons (Fsp3) is 0.111. The Hall–Kier alpha value is -2.58. The molecule has 8 heteroatoms. The van der Waals surface area contributed by atoms with Crippen molar-refractivity contribution in [3.63, 3.8) is 0 Å². The summed E-state index contributed by atoms with van der Waals surface area (Å²) in [6.45, 7) is 0.214. The maximum Gasteiger partial charge on any atom is 0.256 e. The number of benzene rings is 2. The van der Waals surface area contributed by atoms with E-state index < -0.39 is 5.91 Å². The predicted molar refractivity (Wildman–Crippen MR) is 105 cm³/mol. The normalized spacial score (nSPS) is 13.2. The Morgan fingerprint density at radius 2 is 2.08 bits per heavy atom. The van der Waals surface area contributed by atoms with E-state index >= 15 is 0 Å². The van der Waals surface area contributed by atoms with Gasteiger partial charge in [0.25, 0.3) is 11.8 Å². The molecular formula is C18H17N3O3S2. The van der Waals surface area contributed by atoms with Crippen molar-refractivity contribution >= 4 is 41.9 Å². The highest BCUT2D eigenvalue weighted by Crippen LogP contribution is 2.41. The highest BCUT2D eigenvalue weighted by Gasteiger charge is 2.23. The van der Waals surface area contributed by atoms with Gasteiger partial charge in [-0.1, -0.05) is 23.9 Å². The molecule has 0 saturated heterocycles. The number of fused-ring (bicyclic) bond motifs is 2. The Morgan fingerprint density at radius 1 is 1.31 bits per heavy atom. The molecule has 6 nitrogen and oxygen atoms in total. The smallest absolute Gasteiger partial charge is 0.256 e. The number of thiol groups is 1. The Balaban J connectivity index is 1.89. The quantitative estimate of drug-likeness (QED) is 0.411. The van der Waals surface area contributed by atoms with Crippen LogP contribution in [0.25, 0.3) is 0 Å². The van der Waals surface area contributed by atoms with Gasteiger partial charge >= 0.3 is 0 Å². The first-order valence-electron chi connectivity index (χ1n) is 7.78. The zero-order chi connectivity index (χ0) is 18.7. The van der Waals surface area contributed by atoms with E-state index in [9.17, 15) is 14.7 Å². The minimum absolute atomic E-state index is 0.0844. The lowest BCUT2D eigenvalue weighted by Crippen LogP contribution is -2.25. The molecule has 2 aromatic rings. The summed E-state index contributed by atoms with van der Waals surface area (Å²) in [6, 6.07) is 10.2. The highest BCUT2D eigenvalue weighted by atomic mass is 32.2. The van der Waals surface area contributed by atoms with Crippen LogP contribution in [-0.2, 0) is 0 Å². The molecule has 26 heavy (non-hydrogen) atoms. The lowest BCUT2D eigenvalue weighted by molar-refractivity contribution is 0.0953. The van der Waals surface area contributed by atoms with Crippen molar-refractivity contribution in [3.8, 4) is 5.75 Å². The lowest BCUT2D eigenvalue weighted by Gasteiger charge is -2.12. The van der Waals surface area contributed by atoms with Crippen LogP contribution in [0.5, 0.6) is 5.75 Å². The standard InChI is InChI=1S/C18H17N3O3S2/c1-19-8-10(25)9-20-17(23)12-6-13-16(7-14(12)22)26-15-5-3-2-4-11(15)18(24)21-13/h2-8,19,22,25H,9H2,1H3,(H,20,23)(H,21,24)/b10-8-. The Bertz CT molecular complexity index is 913. The SMILES string of the molecule is CN/C=C(\S)CNC(=O)c1cc2c(cc1O)Sc1ccccc1C(=O)N2. The topological polar surface area (TPSA) is 90.5 Å². The summed E-state index contributed by atoms with van der Waals surface area (Å²) in [5, 5.41) is 18.6. The highest BCUT2D eigenvalue weighted by molar-refractivity contribution is 7.99. The predicted octanol–water partition coefficient (Wildman–Crippen LogP) is 2.83. The first-order valence-corrected chi connectivity index (χ1v) is 9.04. The van der Waals surface area contributed by atoms with Crippen molar-refractivity contribution in [2.75, 3.05) is 18.9 Å². The van der Waals surface area contributed by atoms with E-state index in [1.54, 1.807) is 25.4 Å². The molecule has 2 aromatic carbocycles. The molecule has 2 amide bonds. The molecule has 0 unspecified atom stereocenters. The molecule has 0 bridgehead atoms. The number of hydrogen-bond donors (Lipinski definition) is 5. The average molecular weight is 387 g/mol. The molecule has 0 radical (unpaired) electrons. The van der Waals surface area contributed by atoms with Crippen LogP contribution in [0.15, 0.2) is 57.3 Å². The third-order valence-corrected chi connectivity index (χ3v) is 5.10. The molecule has 0 fully saturated rings. The van der Waals surface area contributed by atoms with E-state index in [0.29, 0.717) is 21.1 Å². The monoisotopic (exact) mass is 387 g/mol.